The minimum absolute atomic E-state index is 0.0508. The number of aliphatic hydroxyl groups is 1. The van der Waals surface area contributed by atoms with E-state index < -0.39 is 0 Å². The Hall–Kier alpha value is -1.06. The summed E-state index contributed by atoms with van der Waals surface area (Å²) in [4.78, 5) is 0. The lowest BCUT2D eigenvalue weighted by Gasteiger charge is -2.34. The molecule has 1 aromatic carbocycles. The summed E-state index contributed by atoms with van der Waals surface area (Å²) in [7, 11) is 0. The molecule has 0 unspecified atom stereocenters. The molecule has 0 aromatic heterocycles. The molecule has 0 saturated carbocycles. The molecule has 0 aliphatic heterocycles. The van der Waals surface area contributed by atoms with Crippen molar-refractivity contribution in [1.82, 2.24) is 0 Å². The van der Waals surface area contributed by atoms with Gasteiger partial charge in [0.1, 0.15) is 12.4 Å². The lowest BCUT2D eigenvalue weighted by atomic mass is 9.72. The zero-order valence-electron chi connectivity index (χ0n) is 14.1. The maximum Gasteiger partial charge on any atom is 0.123 e. The van der Waals surface area contributed by atoms with Crippen molar-refractivity contribution in [2.24, 2.45) is 5.41 Å². The van der Waals surface area contributed by atoms with Crippen molar-refractivity contribution in [3.05, 3.63) is 29.8 Å². The van der Waals surface area contributed by atoms with Gasteiger partial charge in [-0.2, -0.15) is 0 Å². The fourth-order valence-electron chi connectivity index (χ4n) is 2.95. The smallest absolute Gasteiger partial charge is 0.123 e. The Kier molecular flexibility index (Phi) is 6.69. The maximum atomic E-state index is 8.68. The van der Waals surface area contributed by atoms with Crippen LogP contribution in [0.2, 0.25) is 0 Å². The second kappa shape index (κ2) is 7.81. The van der Waals surface area contributed by atoms with Crippen molar-refractivity contribution in [3.8, 4) is 5.75 Å². The van der Waals surface area contributed by atoms with Crippen LogP contribution in [0.15, 0.2) is 24.3 Å². The van der Waals surface area contributed by atoms with Gasteiger partial charge in [0, 0.05) is 0 Å². The molecule has 21 heavy (non-hydrogen) atoms. The summed E-state index contributed by atoms with van der Waals surface area (Å²) in [5.74, 6) is 0.930. The van der Waals surface area contributed by atoms with Gasteiger partial charge in [0.05, 0.1) is 19.8 Å². The quantitative estimate of drug-likeness (QED) is 0.741. The highest BCUT2D eigenvalue weighted by atomic mass is 16.5. The van der Waals surface area contributed by atoms with Crippen LogP contribution in [-0.2, 0) is 10.2 Å². The highest BCUT2D eigenvalue weighted by molar-refractivity contribution is 5.39. The summed E-state index contributed by atoms with van der Waals surface area (Å²) in [5, 5.41) is 8.68. The van der Waals surface area contributed by atoms with E-state index in [1.165, 1.54) is 5.56 Å². The Morgan fingerprint density at radius 2 is 1.62 bits per heavy atom. The molecule has 3 heteroatoms. The van der Waals surface area contributed by atoms with Crippen LogP contribution < -0.4 is 4.74 Å². The molecule has 0 atom stereocenters. The van der Waals surface area contributed by atoms with E-state index in [2.05, 4.69) is 46.8 Å². The van der Waals surface area contributed by atoms with Crippen LogP contribution in [-0.4, -0.2) is 31.5 Å². The van der Waals surface area contributed by atoms with Crippen molar-refractivity contribution in [2.75, 3.05) is 26.4 Å². The average Bonchev–Trinajstić information content (AvgIpc) is 2.36. The third-order valence-electron chi connectivity index (χ3n) is 3.31. The van der Waals surface area contributed by atoms with E-state index in [1.807, 2.05) is 12.1 Å². The van der Waals surface area contributed by atoms with Crippen molar-refractivity contribution < 1.29 is 14.6 Å². The lowest BCUT2D eigenvalue weighted by Crippen LogP contribution is -2.25. The van der Waals surface area contributed by atoms with Gasteiger partial charge < -0.3 is 14.6 Å². The standard InChI is InChI=1S/C18H30O3/c1-17(2,3)14-18(4,5)15-8-6-7-9-16(15)21-13-12-20-11-10-19/h6-9,19H,10-14H2,1-5H3. The van der Waals surface area contributed by atoms with Crippen LogP contribution in [0.5, 0.6) is 5.75 Å². The fraction of sp³-hybridized carbons (Fsp3) is 0.667. The SMILES string of the molecule is CC(C)(C)CC(C)(C)c1ccccc1OCCOCCO. The fourth-order valence-corrected chi connectivity index (χ4v) is 2.95. The molecule has 0 heterocycles. The van der Waals surface area contributed by atoms with Gasteiger partial charge in [0.25, 0.3) is 0 Å². The first kappa shape index (κ1) is 18.0. The van der Waals surface area contributed by atoms with Gasteiger partial charge >= 0.3 is 0 Å². The normalized spacial score (nSPS) is 12.5. The lowest BCUT2D eigenvalue weighted by molar-refractivity contribution is 0.0699. The van der Waals surface area contributed by atoms with Crippen molar-refractivity contribution in [1.29, 1.82) is 0 Å². The number of para-hydroxylation sites is 1. The van der Waals surface area contributed by atoms with Crippen molar-refractivity contribution in [3.63, 3.8) is 0 Å². The minimum atomic E-state index is 0.0508. The van der Waals surface area contributed by atoms with Gasteiger partial charge in [-0.25, -0.2) is 0 Å². The van der Waals surface area contributed by atoms with Crippen LogP contribution in [0.3, 0.4) is 0 Å². The molecule has 0 aliphatic carbocycles. The molecular formula is C18H30O3. The van der Waals surface area contributed by atoms with Gasteiger partial charge in [0.15, 0.2) is 0 Å². The van der Waals surface area contributed by atoms with Crippen LogP contribution in [0, 0.1) is 5.41 Å². The number of aliphatic hydroxyl groups excluding tert-OH is 1. The Morgan fingerprint density at radius 3 is 2.24 bits per heavy atom. The van der Waals surface area contributed by atoms with Gasteiger partial charge in [-0.05, 0) is 28.9 Å². The Labute approximate surface area is 129 Å². The van der Waals surface area contributed by atoms with Crippen molar-refractivity contribution >= 4 is 0 Å². The van der Waals surface area contributed by atoms with Gasteiger partial charge in [0.2, 0.25) is 0 Å². The summed E-state index contributed by atoms with van der Waals surface area (Å²) in [5.41, 5.74) is 1.56. The van der Waals surface area contributed by atoms with Crippen LogP contribution in [0.25, 0.3) is 0 Å². The molecule has 0 aliphatic rings. The van der Waals surface area contributed by atoms with E-state index >= 15 is 0 Å². The third kappa shape index (κ3) is 6.49. The minimum Gasteiger partial charge on any atom is -0.491 e. The van der Waals surface area contributed by atoms with E-state index in [0.29, 0.717) is 19.8 Å². The van der Waals surface area contributed by atoms with E-state index in [0.717, 1.165) is 12.2 Å². The molecule has 120 valence electrons. The Bertz CT molecular complexity index is 419. The highest BCUT2D eigenvalue weighted by Crippen LogP contribution is 2.40. The third-order valence-corrected chi connectivity index (χ3v) is 3.31. The molecule has 0 amide bonds. The number of hydrogen-bond acceptors (Lipinski definition) is 3. The molecule has 3 nitrogen and oxygen atoms in total. The molecule has 0 fully saturated rings. The molecule has 0 radical (unpaired) electrons. The van der Waals surface area contributed by atoms with E-state index in [1.54, 1.807) is 0 Å². The average molecular weight is 294 g/mol. The Balaban J connectivity index is 2.74. The van der Waals surface area contributed by atoms with Gasteiger partial charge in [-0.15, -0.1) is 0 Å². The monoisotopic (exact) mass is 294 g/mol. The Morgan fingerprint density at radius 1 is 0.952 bits per heavy atom. The second-order valence-corrected chi connectivity index (χ2v) is 7.30. The predicted molar refractivity (Wildman–Crippen MR) is 86.9 cm³/mol. The first-order chi connectivity index (χ1) is 9.76. The zero-order valence-corrected chi connectivity index (χ0v) is 14.1. The summed E-state index contributed by atoms with van der Waals surface area (Å²) in [6.07, 6.45) is 1.08. The maximum absolute atomic E-state index is 8.68. The molecular weight excluding hydrogens is 264 g/mol. The van der Waals surface area contributed by atoms with Crippen LogP contribution >= 0.6 is 0 Å². The first-order valence-electron chi connectivity index (χ1n) is 7.67. The number of ether oxygens (including phenoxy) is 2. The zero-order chi connectivity index (χ0) is 15.9. The number of benzene rings is 1. The van der Waals surface area contributed by atoms with E-state index in [-0.39, 0.29) is 17.4 Å². The van der Waals surface area contributed by atoms with Gasteiger partial charge in [-0.1, -0.05) is 52.8 Å². The molecule has 0 saturated heterocycles. The van der Waals surface area contributed by atoms with Crippen LogP contribution in [0.1, 0.15) is 46.6 Å². The summed E-state index contributed by atoms with van der Waals surface area (Å²) < 4.78 is 11.1. The first-order valence-corrected chi connectivity index (χ1v) is 7.67. The predicted octanol–water partition coefficient (Wildman–Crippen LogP) is 3.79. The van der Waals surface area contributed by atoms with Gasteiger partial charge in [-0.3, -0.25) is 0 Å². The molecule has 0 bridgehead atoms. The molecule has 1 aromatic rings. The van der Waals surface area contributed by atoms with E-state index in [9.17, 15) is 0 Å². The number of rotatable bonds is 8. The summed E-state index contributed by atoms with van der Waals surface area (Å²) in [6, 6.07) is 8.23. The highest BCUT2D eigenvalue weighted by Gasteiger charge is 2.29. The van der Waals surface area contributed by atoms with Crippen molar-refractivity contribution in [2.45, 2.75) is 46.5 Å². The van der Waals surface area contributed by atoms with Crippen LogP contribution in [0.4, 0.5) is 0 Å². The summed E-state index contributed by atoms with van der Waals surface area (Å²) in [6.45, 7) is 12.7. The topological polar surface area (TPSA) is 38.7 Å². The molecule has 1 rings (SSSR count). The van der Waals surface area contributed by atoms with E-state index in [4.69, 9.17) is 14.6 Å². The molecule has 0 spiro atoms. The second-order valence-electron chi connectivity index (χ2n) is 7.30. The number of hydrogen-bond donors (Lipinski definition) is 1. The summed E-state index contributed by atoms with van der Waals surface area (Å²) >= 11 is 0. The largest absolute Gasteiger partial charge is 0.491 e. The molecule has 1 N–H and O–H groups in total.